The maximum atomic E-state index is 2.52. The van der Waals surface area contributed by atoms with Gasteiger partial charge in [0.05, 0.1) is 0 Å². The van der Waals surface area contributed by atoms with Crippen molar-refractivity contribution in [3.63, 3.8) is 0 Å². The monoisotopic (exact) mass is 236 g/mol. The van der Waals surface area contributed by atoms with Gasteiger partial charge in [0.25, 0.3) is 0 Å². The number of rotatable bonds is 2. The number of allylic oxidation sites excluding steroid dienone is 3. The second kappa shape index (κ2) is 3.60. The van der Waals surface area contributed by atoms with E-state index in [-0.39, 0.29) is 0 Å². The van der Waals surface area contributed by atoms with E-state index in [1.165, 1.54) is 24.8 Å². The van der Waals surface area contributed by atoms with Crippen molar-refractivity contribution in [1.29, 1.82) is 0 Å². The van der Waals surface area contributed by atoms with Gasteiger partial charge in [-0.3, -0.25) is 0 Å². The minimum absolute atomic E-state index is 0.732. The summed E-state index contributed by atoms with van der Waals surface area (Å²) in [5.41, 5.74) is 3.67. The van der Waals surface area contributed by atoms with Gasteiger partial charge in [-0.25, -0.2) is 0 Å². The van der Waals surface area contributed by atoms with Crippen molar-refractivity contribution in [2.75, 3.05) is 0 Å². The van der Waals surface area contributed by atoms with Crippen molar-refractivity contribution in [2.24, 2.45) is 23.2 Å². The molecule has 18 heavy (non-hydrogen) atoms. The standard InChI is InChI=1S/C18H20/c1-13(11-14-5-3-2-4-6-14)17-15-7-8-16(17)18(12-15)9-10-18/h2-8,11,15-17H,9-10,12H2,1H3. The van der Waals surface area contributed by atoms with Crippen LogP contribution >= 0.6 is 0 Å². The van der Waals surface area contributed by atoms with Gasteiger partial charge in [-0.05, 0) is 54.9 Å². The zero-order valence-electron chi connectivity index (χ0n) is 11.0. The molecule has 2 bridgehead atoms. The molecular weight excluding hydrogens is 216 g/mol. The zero-order valence-corrected chi connectivity index (χ0v) is 11.0. The van der Waals surface area contributed by atoms with Crippen LogP contribution in [0, 0.1) is 23.2 Å². The Morgan fingerprint density at radius 2 is 1.94 bits per heavy atom. The number of fused-ring (bicyclic) bond motifs is 3. The van der Waals surface area contributed by atoms with E-state index in [4.69, 9.17) is 0 Å². The molecule has 0 heteroatoms. The van der Waals surface area contributed by atoms with E-state index >= 15 is 0 Å². The lowest BCUT2D eigenvalue weighted by atomic mass is 9.84. The van der Waals surface area contributed by atoms with E-state index in [1.54, 1.807) is 5.57 Å². The Morgan fingerprint density at radius 1 is 1.17 bits per heavy atom. The molecule has 3 atom stereocenters. The van der Waals surface area contributed by atoms with Gasteiger partial charge in [0.1, 0.15) is 0 Å². The normalized spacial score (nSPS) is 35.4. The van der Waals surface area contributed by atoms with E-state index in [2.05, 4.69) is 55.5 Å². The topological polar surface area (TPSA) is 0 Å². The van der Waals surface area contributed by atoms with Gasteiger partial charge in [0.15, 0.2) is 0 Å². The quantitative estimate of drug-likeness (QED) is 0.653. The molecule has 0 saturated heterocycles. The van der Waals surface area contributed by atoms with E-state index in [0.29, 0.717) is 0 Å². The summed E-state index contributed by atoms with van der Waals surface area (Å²) in [6.07, 6.45) is 11.8. The van der Waals surface area contributed by atoms with Gasteiger partial charge < -0.3 is 0 Å². The van der Waals surface area contributed by atoms with Gasteiger partial charge in [-0.2, -0.15) is 0 Å². The zero-order chi connectivity index (χ0) is 12.2. The fourth-order valence-corrected chi connectivity index (χ4v) is 4.38. The highest BCUT2D eigenvalue weighted by Gasteiger charge is 2.60. The second-order valence-electron chi connectivity index (χ2n) is 6.47. The molecule has 0 nitrogen and oxygen atoms in total. The molecule has 1 aromatic carbocycles. The van der Waals surface area contributed by atoms with Crippen molar-refractivity contribution in [3.8, 4) is 0 Å². The van der Waals surface area contributed by atoms with Gasteiger partial charge in [-0.1, -0.05) is 54.1 Å². The summed E-state index contributed by atoms with van der Waals surface area (Å²) >= 11 is 0. The predicted octanol–water partition coefficient (Wildman–Crippen LogP) is 4.69. The summed E-state index contributed by atoms with van der Waals surface area (Å²) in [4.78, 5) is 0. The van der Waals surface area contributed by atoms with Crippen LogP contribution in [0.5, 0.6) is 0 Å². The van der Waals surface area contributed by atoms with E-state index in [0.717, 1.165) is 23.2 Å². The minimum Gasteiger partial charge on any atom is -0.0845 e. The maximum absolute atomic E-state index is 2.52. The highest BCUT2D eigenvalue weighted by atomic mass is 14.6. The second-order valence-corrected chi connectivity index (χ2v) is 6.47. The van der Waals surface area contributed by atoms with Crippen LogP contribution < -0.4 is 0 Å². The summed E-state index contributed by atoms with van der Waals surface area (Å²) in [7, 11) is 0. The summed E-state index contributed by atoms with van der Waals surface area (Å²) in [5.74, 6) is 2.48. The van der Waals surface area contributed by atoms with Crippen molar-refractivity contribution in [2.45, 2.75) is 26.2 Å². The van der Waals surface area contributed by atoms with Crippen LogP contribution in [-0.4, -0.2) is 0 Å². The van der Waals surface area contributed by atoms with Crippen LogP contribution in [0.4, 0.5) is 0 Å². The summed E-state index contributed by atoms with van der Waals surface area (Å²) in [5, 5.41) is 0. The van der Waals surface area contributed by atoms with Gasteiger partial charge >= 0.3 is 0 Å². The van der Waals surface area contributed by atoms with Crippen molar-refractivity contribution >= 4 is 6.08 Å². The Kier molecular flexibility index (Phi) is 2.12. The molecule has 3 aliphatic rings. The van der Waals surface area contributed by atoms with Crippen LogP contribution in [0.3, 0.4) is 0 Å². The molecule has 1 spiro atoms. The Morgan fingerprint density at radius 3 is 2.61 bits per heavy atom. The molecule has 4 rings (SSSR count). The summed E-state index contributed by atoms with van der Waals surface area (Å²) in [6, 6.07) is 10.8. The lowest BCUT2D eigenvalue weighted by Crippen LogP contribution is -2.13. The molecule has 3 unspecified atom stereocenters. The molecular formula is C18H20. The van der Waals surface area contributed by atoms with Crippen LogP contribution in [-0.2, 0) is 0 Å². The highest BCUT2D eigenvalue weighted by Crippen LogP contribution is 2.69. The average Bonchev–Trinajstić information content (AvgIpc) is 2.91. The lowest BCUT2D eigenvalue weighted by Gasteiger charge is -2.20. The predicted molar refractivity (Wildman–Crippen MR) is 76.0 cm³/mol. The molecule has 0 N–H and O–H groups in total. The molecule has 0 aromatic heterocycles. The van der Waals surface area contributed by atoms with Crippen molar-refractivity contribution < 1.29 is 0 Å². The maximum Gasteiger partial charge on any atom is -0.00712 e. The molecule has 0 amide bonds. The molecule has 1 aromatic rings. The number of hydrogen-bond acceptors (Lipinski definition) is 0. The fraction of sp³-hybridized carbons (Fsp3) is 0.444. The van der Waals surface area contributed by atoms with E-state index in [9.17, 15) is 0 Å². The summed E-state index contributed by atoms with van der Waals surface area (Å²) in [6.45, 7) is 2.34. The van der Waals surface area contributed by atoms with Crippen LogP contribution in [0.1, 0.15) is 31.7 Å². The molecule has 92 valence electrons. The SMILES string of the molecule is CC(=Cc1ccccc1)C1C2C=CC1C1(CC1)C2. The molecule has 2 fully saturated rings. The Balaban J connectivity index is 1.63. The minimum atomic E-state index is 0.732. The van der Waals surface area contributed by atoms with Crippen molar-refractivity contribution in [1.82, 2.24) is 0 Å². The molecule has 0 radical (unpaired) electrons. The third-order valence-electron chi connectivity index (χ3n) is 5.38. The number of hydrogen-bond donors (Lipinski definition) is 0. The third-order valence-corrected chi connectivity index (χ3v) is 5.38. The Bertz CT molecular complexity index is 516. The molecule has 2 saturated carbocycles. The van der Waals surface area contributed by atoms with Crippen molar-refractivity contribution in [3.05, 3.63) is 53.6 Å². The number of benzene rings is 1. The smallest absolute Gasteiger partial charge is 0.00712 e. The first-order valence-electron chi connectivity index (χ1n) is 7.20. The van der Waals surface area contributed by atoms with Gasteiger partial charge in [-0.15, -0.1) is 0 Å². The first kappa shape index (κ1) is 10.6. The lowest BCUT2D eigenvalue weighted by molar-refractivity contribution is 0.397. The van der Waals surface area contributed by atoms with Gasteiger partial charge in [0.2, 0.25) is 0 Å². The third kappa shape index (κ3) is 1.44. The molecule has 0 aliphatic heterocycles. The van der Waals surface area contributed by atoms with Gasteiger partial charge in [0, 0.05) is 0 Å². The Hall–Kier alpha value is -1.30. The highest BCUT2D eigenvalue weighted by molar-refractivity contribution is 5.54. The average molecular weight is 236 g/mol. The van der Waals surface area contributed by atoms with Crippen LogP contribution in [0.15, 0.2) is 48.1 Å². The van der Waals surface area contributed by atoms with E-state index < -0.39 is 0 Å². The van der Waals surface area contributed by atoms with E-state index in [1.807, 2.05) is 0 Å². The van der Waals surface area contributed by atoms with Crippen LogP contribution in [0.2, 0.25) is 0 Å². The Labute approximate surface area is 109 Å². The first-order valence-corrected chi connectivity index (χ1v) is 7.20. The molecule has 3 aliphatic carbocycles. The summed E-state index contributed by atoms with van der Waals surface area (Å²) < 4.78 is 0. The largest absolute Gasteiger partial charge is 0.0845 e. The molecule has 0 heterocycles. The first-order chi connectivity index (χ1) is 8.78. The van der Waals surface area contributed by atoms with Crippen LogP contribution in [0.25, 0.3) is 6.08 Å². The fourth-order valence-electron chi connectivity index (χ4n) is 4.38.